The maximum absolute atomic E-state index is 13.2. The molecule has 0 bridgehead atoms. The lowest BCUT2D eigenvalue weighted by atomic mass is 9.90. The molecule has 3 rings (SSSR count). The second-order valence-electron chi connectivity index (χ2n) is 10.1. The van der Waals surface area contributed by atoms with Crippen molar-refractivity contribution >= 4 is 40.3 Å². The predicted octanol–water partition coefficient (Wildman–Crippen LogP) is 3.65. The summed E-state index contributed by atoms with van der Waals surface area (Å²) in [5.74, 6) is -1.09. The van der Waals surface area contributed by atoms with Crippen LogP contribution in [-0.4, -0.2) is 71.4 Å². The number of methoxy groups -OCH3 is 2. The molecule has 1 amide bonds. The van der Waals surface area contributed by atoms with Gasteiger partial charge in [0.15, 0.2) is 0 Å². The summed E-state index contributed by atoms with van der Waals surface area (Å²) in [6, 6.07) is 9.02. The van der Waals surface area contributed by atoms with E-state index in [2.05, 4.69) is 21.7 Å². The summed E-state index contributed by atoms with van der Waals surface area (Å²) in [6.07, 6.45) is 2.09. The zero-order valence-corrected chi connectivity index (χ0v) is 24.7. The standard InChI is InChI=1S/C28H35N5O7S/c1-18(15-28(2,3)17-29)41-24(14-25(34)38-5)26(35)30-21-12-20-7-6-19(13-23(20)40-27(21)36)22-16-33(32-31-22)8-9-39-11-10-37-4/h6-7,12-13,16,18,24H,8-11,14-15H2,1-5H3,(H,30,35). The van der Waals surface area contributed by atoms with Crippen molar-refractivity contribution in [3.8, 4) is 17.3 Å². The summed E-state index contributed by atoms with van der Waals surface area (Å²) in [5, 5.41) is 19.9. The number of carbonyl (C=O) groups excluding carboxylic acids is 2. The van der Waals surface area contributed by atoms with Gasteiger partial charge in [-0.1, -0.05) is 24.3 Å². The maximum atomic E-state index is 13.2. The van der Waals surface area contributed by atoms with Crippen LogP contribution >= 0.6 is 11.8 Å². The minimum Gasteiger partial charge on any atom is -0.469 e. The molecule has 0 spiro atoms. The fourth-order valence-electron chi connectivity index (χ4n) is 4.04. The summed E-state index contributed by atoms with van der Waals surface area (Å²) in [5.41, 5.74) is 0.239. The van der Waals surface area contributed by atoms with Gasteiger partial charge in [0, 0.05) is 23.3 Å². The normalized spacial score (nSPS) is 13.0. The molecule has 0 saturated carbocycles. The van der Waals surface area contributed by atoms with Crippen LogP contribution in [0.4, 0.5) is 5.69 Å². The highest BCUT2D eigenvalue weighted by Crippen LogP contribution is 2.32. The van der Waals surface area contributed by atoms with E-state index in [-0.39, 0.29) is 17.4 Å². The Balaban J connectivity index is 1.73. The van der Waals surface area contributed by atoms with E-state index in [0.717, 1.165) is 0 Å². The minimum absolute atomic E-state index is 0.0462. The molecule has 2 aromatic heterocycles. The number of nitriles is 1. The van der Waals surface area contributed by atoms with Crippen LogP contribution in [0, 0.1) is 16.7 Å². The van der Waals surface area contributed by atoms with Crippen molar-refractivity contribution in [2.45, 2.75) is 50.7 Å². The van der Waals surface area contributed by atoms with Crippen molar-refractivity contribution in [1.82, 2.24) is 15.0 Å². The molecule has 13 heteroatoms. The first-order valence-electron chi connectivity index (χ1n) is 13.0. The SMILES string of the molecule is COCCOCCn1cc(-c2ccc3cc(NC(=O)C(CC(=O)OC)SC(C)CC(C)(C)C#N)c(=O)oc3c2)nn1. The van der Waals surface area contributed by atoms with E-state index >= 15 is 0 Å². The quantitative estimate of drug-likeness (QED) is 0.158. The Kier molecular flexibility index (Phi) is 11.5. The average molecular weight is 586 g/mol. The predicted molar refractivity (Wildman–Crippen MR) is 154 cm³/mol. The Bertz CT molecular complexity index is 1450. The van der Waals surface area contributed by atoms with E-state index in [0.29, 0.717) is 55.0 Å². The smallest absolute Gasteiger partial charge is 0.360 e. The molecule has 0 fully saturated rings. The van der Waals surface area contributed by atoms with Gasteiger partial charge < -0.3 is 23.9 Å². The molecule has 2 heterocycles. The van der Waals surface area contributed by atoms with Gasteiger partial charge in [-0.15, -0.1) is 16.9 Å². The van der Waals surface area contributed by atoms with Gasteiger partial charge in [-0.05, 0) is 32.4 Å². The number of rotatable bonds is 15. The van der Waals surface area contributed by atoms with Gasteiger partial charge >= 0.3 is 11.6 Å². The van der Waals surface area contributed by atoms with Crippen molar-refractivity contribution in [1.29, 1.82) is 5.26 Å². The first kappa shape index (κ1) is 31.8. The van der Waals surface area contributed by atoms with Crippen LogP contribution in [0.2, 0.25) is 0 Å². The number of anilines is 1. The van der Waals surface area contributed by atoms with Crippen LogP contribution in [0.3, 0.4) is 0 Å². The molecule has 0 radical (unpaired) electrons. The second kappa shape index (κ2) is 14.8. The summed E-state index contributed by atoms with van der Waals surface area (Å²) >= 11 is 1.25. The van der Waals surface area contributed by atoms with E-state index in [4.69, 9.17) is 18.6 Å². The number of hydrogen-bond acceptors (Lipinski definition) is 11. The third kappa shape index (κ3) is 9.41. The number of thioether (sulfide) groups is 1. The summed E-state index contributed by atoms with van der Waals surface area (Å²) in [6.45, 7) is 7.51. The third-order valence-electron chi connectivity index (χ3n) is 6.09. The van der Waals surface area contributed by atoms with Crippen LogP contribution in [0.15, 0.2) is 39.7 Å². The molecule has 0 saturated heterocycles. The van der Waals surface area contributed by atoms with Crippen molar-refractivity contribution < 1.29 is 28.2 Å². The third-order valence-corrected chi connectivity index (χ3v) is 7.43. The molecule has 0 aliphatic carbocycles. The lowest BCUT2D eigenvalue weighted by Gasteiger charge is -2.24. The van der Waals surface area contributed by atoms with Crippen molar-refractivity contribution in [2.75, 3.05) is 39.4 Å². The van der Waals surface area contributed by atoms with Crippen molar-refractivity contribution in [2.24, 2.45) is 5.41 Å². The Morgan fingerprint density at radius 2 is 2.00 bits per heavy atom. The summed E-state index contributed by atoms with van der Waals surface area (Å²) in [7, 11) is 2.86. The number of aromatic nitrogens is 3. The number of esters is 1. The zero-order valence-electron chi connectivity index (χ0n) is 23.8. The molecule has 12 nitrogen and oxygen atoms in total. The maximum Gasteiger partial charge on any atom is 0.360 e. The number of ether oxygens (including phenoxy) is 3. The van der Waals surface area contributed by atoms with Gasteiger partial charge in [-0.25, -0.2) is 9.48 Å². The van der Waals surface area contributed by atoms with Crippen LogP contribution in [0.5, 0.6) is 0 Å². The molecule has 3 aromatic rings. The second-order valence-corrected chi connectivity index (χ2v) is 11.7. The van der Waals surface area contributed by atoms with Gasteiger partial charge in [-0.2, -0.15) is 5.26 Å². The zero-order chi connectivity index (χ0) is 30.0. The summed E-state index contributed by atoms with van der Waals surface area (Å²) < 4.78 is 22.3. The van der Waals surface area contributed by atoms with Crippen molar-refractivity contribution in [3.05, 3.63) is 40.9 Å². The lowest BCUT2D eigenvalue weighted by Crippen LogP contribution is -2.31. The van der Waals surface area contributed by atoms with Gasteiger partial charge in [0.1, 0.15) is 17.0 Å². The number of carbonyl (C=O) groups is 2. The van der Waals surface area contributed by atoms with Crippen LogP contribution in [0.1, 0.15) is 33.6 Å². The molecule has 2 atom stereocenters. The van der Waals surface area contributed by atoms with Gasteiger partial charge in [0.05, 0.1) is 62.8 Å². The highest BCUT2D eigenvalue weighted by atomic mass is 32.2. The van der Waals surface area contributed by atoms with Crippen LogP contribution in [-0.2, 0) is 30.3 Å². The van der Waals surface area contributed by atoms with E-state index in [1.807, 2.05) is 26.8 Å². The molecule has 220 valence electrons. The summed E-state index contributed by atoms with van der Waals surface area (Å²) in [4.78, 5) is 38.0. The highest BCUT2D eigenvalue weighted by molar-refractivity contribution is 8.01. The lowest BCUT2D eigenvalue weighted by molar-refractivity contribution is -0.141. The number of benzene rings is 1. The molecular weight excluding hydrogens is 550 g/mol. The molecule has 1 aromatic carbocycles. The largest absolute Gasteiger partial charge is 0.469 e. The molecular formula is C28H35N5O7S. The average Bonchev–Trinajstić information content (AvgIpc) is 3.41. The van der Waals surface area contributed by atoms with Gasteiger partial charge in [0.2, 0.25) is 5.91 Å². The number of nitrogens with one attached hydrogen (secondary N) is 1. The van der Waals surface area contributed by atoms with Gasteiger partial charge in [-0.3, -0.25) is 9.59 Å². The number of amides is 1. The first-order chi connectivity index (χ1) is 19.5. The Hall–Kier alpha value is -3.73. The van der Waals surface area contributed by atoms with Gasteiger partial charge in [0.25, 0.3) is 0 Å². The molecule has 2 unspecified atom stereocenters. The number of nitrogens with zero attached hydrogens (tertiary/aromatic N) is 4. The minimum atomic E-state index is -0.836. The molecule has 0 aliphatic rings. The van der Waals surface area contributed by atoms with Crippen LogP contribution in [0.25, 0.3) is 22.2 Å². The van der Waals surface area contributed by atoms with Crippen molar-refractivity contribution in [3.63, 3.8) is 0 Å². The van der Waals surface area contributed by atoms with E-state index in [1.54, 1.807) is 30.1 Å². The van der Waals surface area contributed by atoms with E-state index in [9.17, 15) is 19.6 Å². The number of hydrogen-bond donors (Lipinski definition) is 1. The topological polar surface area (TPSA) is 159 Å². The monoisotopic (exact) mass is 585 g/mol. The highest BCUT2D eigenvalue weighted by Gasteiger charge is 2.29. The molecule has 0 aliphatic heterocycles. The molecule has 1 N–H and O–H groups in total. The van der Waals surface area contributed by atoms with Crippen LogP contribution < -0.4 is 10.9 Å². The van der Waals surface area contributed by atoms with E-state index < -0.39 is 28.2 Å². The fourth-order valence-corrected chi connectivity index (χ4v) is 5.53. The number of fused-ring (bicyclic) bond motifs is 1. The Morgan fingerprint density at radius 1 is 1.22 bits per heavy atom. The Labute approximate surface area is 242 Å². The first-order valence-corrected chi connectivity index (χ1v) is 14.0. The Morgan fingerprint density at radius 3 is 2.71 bits per heavy atom. The fraction of sp³-hybridized carbons (Fsp3) is 0.500. The van der Waals surface area contributed by atoms with E-state index in [1.165, 1.54) is 24.9 Å². The molecule has 41 heavy (non-hydrogen) atoms.